The second kappa shape index (κ2) is 9.36. The Bertz CT molecular complexity index is 1330. The van der Waals surface area contributed by atoms with Crippen LogP contribution < -0.4 is 14.8 Å². The lowest BCUT2D eigenvalue weighted by molar-refractivity contribution is -0.121. The van der Waals surface area contributed by atoms with Crippen LogP contribution in [-0.2, 0) is 21.2 Å². The lowest BCUT2D eigenvalue weighted by atomic mass is 10.0. The van der Waals surface area contributed by atoms with Crippen molar-refractivity contribution in [2.24, 2.45) is 5.92 Å². The Hall–Kier alpha value is -3.18. The van der Waals surface area contributed by atoms with E-state index in [4.69, 9.17) is 4.74 Å². The molecular weight excluding hydrogens is 489 g/mol. The molecule has 5 rings (SSSR count). The van der Waals surface area contributed by atoms with Crippen LogP contribution in [-0.4, -0.2) is 62.6 Å². The van der Waals surface area contributed by atoms with Gasteiger partial charge in [0.15, 0.2) is 0 Å². The number of carboxylic acid groups (broad SMARTS) is 1. The number of hydrogen-bond donors (Lipinski definition) is 3. The van der Waals surface area contributed by atoms with Crippen molar-refractivity contribution in [3.8, 4) is 5.75 Å². The average molecular weight is 518 g/mol. The molecule has 2 aromatic carbocycles. The van der Waals surface area contributed by atoms with Gasteiger partial charge in [-0.1, -0.05) is 13.0 Å². The SMILES string of the molecule is CCN1CC[C@H](NC(=O)Cc2cc(F)ccc2S(=O)(=O)Nc2ccc3c(c2C(=O)O)OC[C@@H]2CC32)C1. The summed E-state index contributed by atoms with van der Waals surface area (Å²) in [6.07, 6.45) is 1.36. The van der Waals surface area contributed by atoms with Crippen LogP contribution in [0.5, 0.6) is 5.75 Å². The molecule has 1 aliphatic carbocycles. The van der Waals surface area contributed by atoms with Crippen LogP contribution in [0.15, 0.2) is 35.2 Å². The Morgan fingerprint density at radius 1 is 1.25 bits per heavy atom. The minimum atomic E-state index is -4.36. The molecule has 9 nitrogen and oxygen atoms in total. The van der Waals surface area contributed by atoms with Crippen molar-refractivity contribution in [2.75, 3.05) is 31.0 Å². The Kier molecular flexibility index (Phi) is 6.37. The van der Waals surface area contributed by atoms with E-state index < -0.39 is 27.7 Å². The Morgan fingerprint density at radius 2 is 2.06 bits per heavy atom. The van der Waals surface area contributed by atoms with Gasteiger partial charge in [-0.25, -0.2) is 17.6 Å². The molecule has 1 saturated heterocycles. The van der Waals surface area contributed by atoms with E-state index in [9.17, 15) is 27.5 Å². The van der Waals surface area contributed by atoms with E-state index in [0.717, 1.165) is 49.7 Å². The molecule has 1 unspecified atom stereocenters. The number of halogens is 1. The zero-order valence-corrected chi connectivity index (χ0v) is 20.6. The molecular formula is C25H28FN3O6S. The molecule has 2 aliphatic heterocycles. The number of carbonyl (C=O) groups excluding carboxylic acids is 1. The van der Waals surface area contributed by atoms with Crippen LogP contribution in [0.4, 0.5) is 10.1 Å². The smallest absolute Gasteiger partial charge is 0.341 e. The van der Waals surface area contributed by atoms with Crippen LogP contribution in [0.3, 0.4) is 0 Å². The van der Waals surface area contributed by atoms with Gasteiger partial charge in [-0.05, 0) is 60.7 Å². The van der Waals surface area contributed by atoms with Gasteiger partial charge in [-0.15, -0.1) is 0 Å². The van der Waals surface area contributed by atoms with Crippen LogP contribution in [0.2, 0.25) is 0 Å². The summed E-state index contributed by atoms with van der Waals surface area (Å²) >= 11 is 0. The van der Waals surface area contributed by atoms with Gasteiger partial charge < -0.3 is 20.1 Å². The number of anilines is 1. The molecule has 192 valence electrons. The molecule has 3 aliphatic rings. The maximum atomic E-state index is 14.1. The molecule has 36 heavy (non-hydrogen) atoms. The number of amides is 1. The molecule has 2 heterocycles. The van der Waals surface area contributed by atoms with Gasteiger partial charge in [-0.3, -0.25) is 9.52 Å². The van der Waals surface area contributed by atoms with Crippen molar-refractivity contribution in [3.63, 3.8) is 0 Å². The molecule has 2 aromatic rings. The number of nitrogens with zero attached hydrogens (tertiary/aromatic N) is 1. The first kappa shape index (κ1) is 24.5. The van der Waals surface area contributed by atoms with Crippen LogP contribution in [0.25, 0.3) is 0 Å². The van der Waals surface area contributed by atoms with Gasteiger partial charge in [-0.2, -0.15) is 0 Å². The number of ether oxygens (including phenoxy) is 1. The topological polar surface area (TPSA) is 125 Å². The molecule has 0 aromatic heterocycles. The fourth-order valence-corrected chi connectivity index (χ4v) is 6.48. The minimum Gasteiger partial charge on any atom is -0.492 e. The van der Waals surface area contributed by atoms with Crippen molar-refractivity contribution in [3.05, 3.63) is 52.8 Å². The fraction of sp³-hybridized carbons (Fsp3) is 0.440. The lowest BCUT2D eigenvalue weighted by Gasteiger charge is -2.21. The Morgan fingerprint density at radius 3 is 2.78 bits per heavy atom. The first-order valence-corrected chi connectivity index (χ1v) is 13.5. The second-order valence-corrected chi connectivity index (χ2v) is 11.3. The average Bonchev–Trinajstić information content (AvgIpc) is 3.48. The number of likely N-dealkylation sites (N-methyl/N-ethyl adjacent to an activating group) is 1. The summed E-state index contributed by atoms with van der Waals surface area (Å²) in [6, 6.07) is 6.14. The number of carboxylic acids is 1. The van der Waals surface area contributed by atoms with Crippen LogP contribution in [0, 0.1) is 11.7 Å². The van der Waals surface area contributed by atoms with Gasteiger partial charge in [0.1, 0.15) is 17.1 Å². The number of rotatable bonds is 8. The van der Waals surface area contributed by atoms with E-state index in [0.29, 0.717) is 19.1 Å². The molecule has 0 bridgehead atoms. The second-order valence-electron chi connectivity index (χ2n) is 9.61. The first-order valence-electron chi connectivity index (χ1n) is 12.0. The van der Waals surface area contributed by atoms with E-state index >= 15 is 0 Å². The summed E-state index contributed by atoms with van der Waals surface area (Å²) in [5, 5.41) is 12.7. The third-order valence-corrected chi connectivity index (χ3v) is 8.62. The quantitative estimate of drug-likeness (QED) is 0.492. The molecule has 1 amide bonds. The van der Waals surface area contributed by atoms with E-state index in [1.165, 1.54) is 6.07 Å². The molecule has 1 saturated carbocycles. The van der Waals surface area contributed by atoms with Gasteiger partial charge >= 0.3 is 5.97 Å². The first-order chi connectivity index (χ1) is 17.2. The summed E-state index contributed by atoms with van der Waals surface area (Å²) in [6.45, 7) is 4.87. The summed E-state index contributed by atoms with van der Waals surface area (Å²) in [5.41, 5.74) is 0.340. The molecule has 2 fully saturated rings. The standard InChI is InChI=1S/C25H28FN3O6S/c1-2-29-8-7-17(12-29)27-22(30)11-14-9-16(26)3-6-21(14)36(33,34)28-20-5-4-18-19-10-15(19)13-35-24(18)23(20)25(31)32/h3-6,9,15,17,19,28H,2,7-8,10-13H2,1H3,(H,27,30)(H,31,32)/t15-,17-,19?/m0/s1. The number of aromatic carboxylic acids is 1. The summed E-state index contributed by atoms with van der Waals surface area (Å²) in [7, 11) is -4.36. The maximum absolute atomic E-state index is 14.1. The summed E-state index contributed by atoms with van der Waals surface area (Å²) in [5.74, 6) is -1.64. The van der Waals surface area contributed by atoms with Crippen molar-refractivity contribution in [1.29, 1.82) is 0 Å². The van der Waals surface area contributed by atoms with Gasteiger partial charge in [0.05, 0.1) is 23.6 Å². The molecule has 0 spiro atoms. The molecule has 0 radical (unpaired) electrons. The molecule has 11 heteroatoms. The predicted octanol–water partition coefficient (Wildman–Crippen LogP) is 2.57. The Balaban J connectivity index is 1.40. The Labute approximate surface area is 208 Å². The van der Waals surface area contributed by atoms with Gasteiger partial charge in [0.2, 0.25) is 5.91 Å². The number of hydrogen-bond acceptors (Lipinski definition) is 6. The number of sulfonamides is 1. The normalized spacial score (nSPS) is 22.8. The molecule has 3 N–H and O–H groups in total. The van der Waals surface area contributed by atoms with Crippen molar-refractivity contribution in [2.45, 2.75) is 43.0 Å². The van der Waals surface area contributed by atoms with E-state index in [2.05, 4.69) is 14.9 Å². The number of carbonyl (C=O) groups is 2. The van der Waals surface area contributed by atoms with E-state index in [-0.39, 0.29) is 45.8 Å². The van der Waals surface area contributed by atoms with Gasteiger partial charge in [0.25, 0.3) is 10.0 Å². The third kappa shape index (κ3) is 4.77. The third-order valence-electron chi connectivity index (χ3n) is 7.16. The van der Waals surface area contributed by atoms with Crippen molar-refractivity contribution in [1.82, 2.24) is 10.2 Å². The highest BCUT2D eigenvalue weighted by atomic mass is 32.2. The zero-order chi connectivity index (χ0) is 25.6. The largest absolute Gasteiger partial charge is 0.492 e. The highest BCUT2D eigenvalue weighted by Crippen LogP contribution is 2.55. The fourth-order valence-electron chi connectivity index (χ4n) is 5.18. The van der Waals surface area contributed by atoms with E-state index in [1.807, 2.05) is 6.92 Å². The van der Waals surface area contributed by atoms with E-state index in [1.54, 1.807) is 6.07 Å². The van der Waals surface area contributed by atoms with Gasteiger partial charge in [0, 0.05) is 25.0 Å². The minimum absolute atomic E-state index is 0.0164. The van der Waals surface area contributed by atoms with Crippen molar-refractivity contribution >= 4 is 27.6 Å². The van der Waals surface area contributed by atoms with Crippen molar-refractivity contribution < 1.29 is 32.2 Å². The monoisotopic (exact) mass is 517 g/mol. The maximum Gasteiger partial charge on any atom is 0.341 e. The lowest BCUT2D eigenvalue weighted by Crippen LogP contribution is -2.38. The van der Waals surface area contributed by atoms with Crippen LogP contribution >= 0.6 is 0 Å². The highest BCUT2D eigenvalue weighted by molar-refractivity contribution is 7.92. The number of likely N-dealkylation sites (tertiary alicyclic amines) is 1. The van der Waals surface area contributed by atoms with Crippen LogP contribution in [0.1, 0.15) is 47.2 Å². The number of nitrogens with one attached hydrogen (secondary N) is 2. The summed E-state index contributed by atoms with van der Waals surface area (Å²) in [4.78, 5) is 26.7. The zero-order valence-electron chi connectivity index (χ0n) is 19.8. The molecule has 3 atom stereocenters. The predicted molar refractivity (Wildman–Crippen MR) is 129 cm³/mol. The number of benzene rings is 2. The summed E-state index contributed by atoms with van der Waals surface area (Å²) < 4.78 is 48.8. The number of fused-ring (bicyclic) bond motifs is 3. The highest BCUT2D eigenvalue weighted by Gasteiger charge is 2.45.